The molecule has 0 aromatic heterocycles. The Morgan fingerprint density at radius 1 is 1.12 bits per heavy atom. The van der Waals surface area contributed by atoms with Crippen molar-refractivity contribution in [2.45, 2.75) is 24.3 Å². The first-order chi connectivity index (χ1) is 12.7. The van der Waals surface area contributed by atoms with Crippen LogP contribution in [-0.4, -0.2) is 31.5 Å². The first kappa shape index (κ1) is 16.7. The fourth-order valence-corrected chi connectivity index (χ4v) is 3.86. The molecule has 1 N–H and O–H groups in total. The van der Waals surface area contributed by atoms with Gasteiger partial charge in [-0.2, -0.15) is 0 Å². The summed E-state index contributed by atoms with van der Waals surface area (Å²) in [5.74, 6) is 2.76. The molecule has 2 aromatic carbocycles. The summed E-state index contributed by atoms with van der Waals surface area (Å²) in [6.45, 7) is 1.39. The standard InChI is InChI=1S/C22H21NO3/c1-2-22(11-13-25-14-12-22)23-21(24)26-15-20-18-9-5-3-7-16(18)17-8-4-6-10-19(17)20/h1,3-10,20H,11-15H2,(H,23,24). The maximum atomic E-state index is 12.4. The number of hydrogen-bond donors (Lipinski definition) is 1. The molecule has 2 aromatic rings. The molecule has 4 rings (SSSR count). The maximum Gasteiger partial charge on any atom is 0.408 e. The largest absolute Gasteiger partial charge is 0.449 e. The highest BCUT2D eigenvalue weighted by atomic mass is 16.5. The lowest BCUT2D eigenvalue weighted by Gasteiger charge is -2.32. The van der Waals surface area contributed by atoms with Crippen molar-refractivity contribution in [3.63, 3.8) is 0 Å². The lowest BCUT2D eigenvalue weighted by atomic mass is 9.91. The number of carbonyl (C=O) groups excluding carboxylic acids is 1. The number of ether oxygens (including phenoxy) is 2. The van der Waals surface area contributed by atoms with Gasteiger partial charge in [0.15, 0.2) is 0 Å². The van der Waals surface area contributed by atoms with Crippen LogP contribution in [0.4, 0.5) is 4.79 Å². The normalized spacial score (nSPS) is 17.7. The van der Waals surface area contributed by atoms with Gasteiger partial charge in [-0.15, -0.1) is 6.42 Å². The maximum absolute atomic E-state index is 12.4. The minimum atomic E-state index is -0.666. The summed E-state index contributed by atoms with van der Waals surface area (Å²) in [7, 11) is 0. The first-order valence-electron chi connectivity index (χ1n) is 8.91. The van der Waals surface area contributed by atoms with Gasteiger partial charge < -0.3 is 14.8 Å². The third kappa shape index (κ3) is 2.95. The summed E-state index contributed by atoms with van der Waals surface area (Å²) < 4.78 is 10.9. The zero-order valence-electron chi connectivity index (χ0n) is 14.5. The second kappa shape index (κ2) is 6.86. The van der Waals surface area contributed by atoms with Crippen LogP contribution in [0.25, 0.3) is 11.1 Å². The average Bonchev–Trinajstić information content (AvgIpc) is 3.01. The van der Waals surface area contributed by atoms with Crippen LogP contribution in [0.1, 0.15) is 29.9 Å². The van der Waals surface area contributed by atoms with Crippen LogP contribution in [0, 0.1) is 12.3 Å². The van der Waals surface area contributed by atoms with Gasteiger partial charge in [0.1, 0.15) is 12.1 Å². The van der Waals surface area contributed by atoms with Crippen molar-refractivity contribution < 1.29 is 14.3 Å². The van der Waals surface area contributed by atoms with Crippen LogP contribution in [0.3, 0.4) is 0 Å². The number of nitrogens with one attached hydrogen (secondary N) is 1. The lowest BCUT2D eigenvalue weighted by molar-refractivity contribution is 0.0545. The Kier molecular flexibility index (Phi) is 4.40. The number of rotatable bonds is 3. The summed E-state index contributed by atoms with van der Waals surface area (Å²) >= 11 is 0. The minimum Gasteiger partial charge on any atom is -0.449 e. The Bertz CT molecular complexity index is 816. The van der Waals surface area contributed by atoms with Gasteiger partial charge in [0, 0.05) is 32.0 Å². The van der Waals surface area contributed by atoms with Gasteiger partial charge in [0.05, 0.1) is 0 Å². The third-order valence-electron chi connectivity index (χ3n) is 5.31. The zero-order valence-corrected chi connectivity index (χ0v) is 14.5. The highest BCUT2D eigenvalue weighted by Gasteiger charge is 2.34. The van der Waals surface area contributed by atoms with E-state index in [-0.39, 0.29) is 12.5 Å². The molecule has 2 aliphatic rings. The molecule has 1 aliphatic heterocycles. The van der Waals surface area contributed by atoms with Crippen LogP contribution in [0.5, 0.6) is 0 Å². The molecule has 1 fully saturated rings. The van der Waals surface area contributed by atoms with Crippen LogP contribution < -0.4 is 5.32 Å². The van der Waals surface area contributed by atoms with Crippen LogP contribution >= 0.6 is 0 Å². The number of carbonyl (C=O) groups is 1. The SMILES string of the molecule is C#CC1(NC(=O)OCC2c3ccccc3-c3ccccc32)CCOCC1. The summed E-state index contributed by atoms with van der Waals surface area (Å²) in [5, 5.41) is 2.88. The van der Waals surface area contributed by atoms with Gasteiger partial charge in [-0.1, -0.05) is 54.5 Å². The van der Waals surface area contributed by atoms with Crippen LogP contribution in [-0.2, 0) is 9.47 Å². The monoisotopic (exact) mass is 347 g/mol. The predicted molar refractivity (Wildman–Crippen MR) is 99.8 cm³/mol. The molecule has 0 saturated carbocycles. The van der Waals surface area contributed by atoms with Crippen LogP contribution in [0.15, 0.2) is 48.5 Å². The molecule has 0 atom stereocenters. The van der Waals surface area contributed by atoms with E-state index in [1.54, 1.807) is 0 Å². The summed E-state index contributed by atoms with van der Waals surface area (Å²) in [4.78, 5) is 12.4. The topological polar surface area (TPSA) is 47.6 Å². The second-order valence-corrected chi connectivity index (χ2v) is 6.79. The number of benzene rings is 2. The van der Waals surface area contributed by atoms with Gasteiger partial charge in [0.25, 0.3) is 0 Å². The Hall–Kier alpha value is -2.77. The van der Waals surface area contributed by atoms with Gasteiger partial charge in [0.2, 0.25) is 0 Å². The molecule has 1 saturated heterocycles. The first-order valence-corrected chi connectivity index (χ1v) is 8.91. The molecular weight excluding hydrogens is 326 g/mol. The molecular formula is C22H21NO3. The number of terminal acetylenes is 1. The van der Waals surface area contributed by atoms with Gasteiger partial charge >= 0.3 is 6.09 Å². The van der Waals surface area contributed by atoms with E-state index >= 15 is 0 Å². The van der Waals surface area contributed by atoms with E-state index in [4.69, 9.17) is 15.9 Å². The number of alkyl carbamates (subject to hydrolysis) is 1. The highest BCUT2D eigenvalue weighted by molar-refractivity contribution is 5.79. The smallest absolute Gasteiger partial charge is 0.408 e. The van der Waals surface area contributed by atoms with Crippen molar-refractivity contribution in [1.82, 2.24) is 5.32 Å². The molecule has 4 nitrogen and oxygen atoms in total. The van der Waals surface area contributed by atoms with Gasteiger partial charge in [-0.05, 0) is 22.3 Å². The average molecular weight is 347 g/mol. The van der Waals surface area contributed by atoms with Crippen LogP contribution in [0.2, 0.25) is 0 Å². The third-order valence-corrected chi connectivity index (χ3v) is 5.31. The second-order valence-electron chi connectivity index (χ2n) is 6.79. The Balaban J connectivity index is 1.48. The lowest BCUT2D eigenvalue weighted by Crippen LogP contribution is -2.51. The van der Waals surface area contributed by atoms with Crippen molar-refractivity contribution in [3.05, 3.63) is 59.7 Å². The molecule has 1 heterocycles. The van der Waals surface area contributed by atoms with E-state index < -0.39 is 11.6 Å². The molecule has 1 amide bonds. The van der Waals surface area contributed by atoms with Gasteiger partial charge in [-0.3, -0.25) is 0 Å². The minimum absolute atomic E-state index is 0.0459. The molecule has 132 valence electrons. The van der Waals surface area contributed by atoms with Crippen molar-refractivity contribution in [3.8, 4) is 23.5 Å². The summed E-state index contributed by atoms with van der Waals surface area (Å²) in [6, 6.07) is 16.5. The number of amides is 1. The van der Waals surface area contributed by atoms with E-state index in [2.05, 4.69) is 35.5 Å². The Morgan fingerprint density at radius 3 is 2.27 bits per heavy atom. The molecule has 1 aliphatic carbocycles. The van der Waals surface area contributed by atoms with E-state index in [1.807, 2.05) is 24.3 Å². The quantitative estimate of drug-likeness (QED) is 0.861. The molecule has 0 bridgehead atoms. The van der Waals surface area contributed by atoms with Crippen molar-refractivity contribution in [2.75, 3.05) is 19.8 Å². The molecule has 0 spiro atoms. The summed E-state index contributed by atoms with van der Waals surface area (Å²) in [6.07, 6.45) is 6.40. The van der Waals surface area contributed by atoms with Crippen molar-refractivity contribution >= 4 is 6.09 Å². The zero-order chi connectivity index (χ0) is 18.0. The van der Waals surface area contributed by atoms with E-state index in [0.29, 0.717) is 26.1 Å². The molecule has 0 unspecified atom stereocenters. The van der Waals surface area contributed by atoms with E-state index in [1.165, 1.54) is 22.3 Å². The molecule has 4 heteroatoms. The van der Waals surface area contributed by atoms with E-state index in [9.17, 15) is 4.79 Å². The highest BCUT2D eigenvalue weighted by Crippen LogP contribution is 2.44. The fourth-order valence-electron chi connectivity index (χ4n) is 3.86. The number of hydrogen-bond acceptors (Lipinski definition) is 3. The molecule has 0 radical (unpaired) electrons. The van der Waals surface area contributed by atoms with Gasteiger partial charge in [-0.25, -0.2) is 4.79 Å². The molecule has 26 heavy (non-hydrogen) atoms. The Labute approximate surface area is 153 Å². The van der Waals surface area contributed by atoms with E-state index in [0.717, 1.165) is 0 Å². The fraction of sp³-hybridized carbons (Fsp3) is 0.318. The Morgan fingerprint density at radius 2 is 1.69 bits per heavy atom. The predicted octanol–water partition coefficient (Wildman–Crippen LogP) is 3.71. The van der Waals surface area contributed by atoms with Crippen molar-refractivity contribution in [2.24, 2.45) is 0 Å². The summed E-state index contributed by atoms with van der Waals surface area (Å²) in [5.41, 5.74) is 4.14. The van der Waals surface area contributed by atoms with Crippen molar-refractivity contribution in [1.29, 1.82) is 0 Å². The number of fused-ring (bicyclic) bond motifs is 3.